The second kappa shape index (κ2) is 5.38. The summed E-state index contributed by atoms with van der Waals surface area (Å²) in [6.45, 7) is 1.72. The summed E-state index contributed by atoms with van der Waals surface area (Å²) >= 11 is 0. The van der Waals surface area contributed by atoms with Crippen LogP contribution in [0.25, 0.3) is 0 Å². The van der Waals surface area contributed by atoms with Gasteiger partial charge in [-0.15, -0.1) is 0 Å². The largest absolute Gasteiger partial charge is 0.392 e. The minimum atomic E-state index is -3.65. The zero-order valence-corrected chi connectivity index (χ0v) is 11.2. The van der Waals surface area contributed by atoms with E-state index in [9.17, 15) is 8.42 Å². The molecule has 2 aromatic rings. The summed E-state index contributed by atoms with van der Waals surface area (Å²) in [5.74, 6) is 0.187. The Bertz CT molecular complexity index is 667. The van der Waals surface area contributed by atoms with E-state index in [0.29, 0.717) is 5.56 Å². The fraction of sp³-hybridized carbons (Fsp3) is 0.154. The number of rotatable bonds is 4. The summed E-state index contributed by atoms with van der Waals surface area (Å²) in [6, 6.07) is 9.63. The molecule has 2 N–H and O–H groups in total. The predicted octanol–water partition coefficient (Wildman–Crippen LogP) is 1.68. The summed E-state index contributed by atoms with van der Waals surface area (Å²) in [6.07, 6.45) is 1.44. The van der Waals surface area contributed by atoms with Crippen LogP contribution in [0.1, 0.15) is 11.1 Å². The van der Waals surface area contributed by atoms with Gasteiger partial charge in [-0.05, 0) is 36.8 Å². The number of aliphatic hydroxyl groups excluding tert-OH is 1. The average Bonchev–Trinajstić information content (AvgIpc) is 2.39. The van der Waals surface area contributed by atoms with Crippen molar-refractivity contribution in [1.82, 2.24) is 4.98 Å². The van der Waals surface area contributed by atoms with Gasteiger partial charge >= 0.3 is 0 Å². The molecule has 0 aliphatic carbocycles. The van der Waals surface area contributed by atoms with Gasteiger partial charge in [-0.3, -0.25) is 4.72 Å². The lowest BCUT2D eigenvalue weighted by Crippen LogP contribution is -2.14. The van der Waals surface area contributed by atoms with Crippen LogP contribution in [0.4, 0.5) is 5.82 Å². The number of aliphatic hydroxyl groups is 1. The molecule has 1 aromatic carbocycles. The number of sulfonamides is 1. The third-order valence-electron chi connectivity index (χ3n) is 2.58. The molecule has 0 radical (unpaired) electrons. The minimum absolute atomic E-state index is 0.165. The molecule has 0 fully saturated rings. The van der Waals surface area contributed by atoms with Gasteiger partial charge in [0.15, 0.2) is 0 Å². The third kappa shape index (κ3) is 3.30. The Balaban J connectivity index is 2.28. The summed E-state index contributed by atoms with van der Waals surface area (Å²) < 4.78 is 26.6. The molecule has 0 saturated heterocycles. The molecule has 0 spiro atoms. The number of hydrogen-bond acceptors (Lipinski definition) is 4. The SMILES string of the molecule is Cc1ccc(S(=O)(=O)Nc2cc(CO)ccn2)cc1. The maximum Gasteiger partial charge on any atom is 0.263 e. The molecule has 1 heterocycles. The van der Waals surface area contributed by atoms with E-state index in [1.54, 1.807) is 18.2 Å². The molecule has 0 amide bonds. The minimum Gasteiger partial charge on any atom is -0.392 e. The number of hydrogen-bond donors (Lipinski definition) is 2. The van der Waals surface area contributed by atoms with Crippen molar-refractivity contribution in [2.24, 2.45) is 0 Å². The van der Waals surface area contributed by atoms with E-state index in [-0.39, 0.29) is 17.3 Å². The Labute approximate surface area is 112 Å². The molecule has 0 aliphatic heterocycles. The smallest absolute Gasteiger partial charge is 0.263 e. The lowest BCUT2D eigenvalue weighted by molar-refractivity contribution is 0.282. The number of benzene rings is 1. The van der Waals surface area contributed by atoms with Crippen LogP contribution < -0.4 is 4.72 Å². The quantitative estimate of drug-likeness (QED) is 0.892. The van der Waals surface area contributed by atoms with Crippen LogP contribution in [0.2, 0.25) is 0 Å². The highest BCUT2D eigenvalue weighted by Gasteiger charge is 2.14. The number of nitrogens with one attached hydrogen (secondary N) is 1. The van der Waals surface area contributed by atoms with Crippen molar-refractivity contribution in [2.45, 2.75) is 18.4 Å². The number of aromatic nitrogens is 1. The zero-order valence-electron chi connectivity index (χ0n) is 10.4. The van der Waals surface area contributed by atoms with E-state index in [1.165, 1.54) is 24.4 Å². The first kappa shape index (κ1) is 13.5. The molecule has 0 unspecified atom stereocenters. The monoisotopic (exact) mass is 278 g/mol. The van der Waals surface area contributed by atoms with Crippen LogP contribution in [0.3, 0.4) is 0 Å². The molecule has 0 atom stereocenters. The Morgan fingerprint density at radius 3 is 2.53 bits per heavy atom. The first-order valence-electron chi connectivity index (χ1n) is 5.66. The van der Waals surface area contributed by atoms with Gasteiger partial charge < -0.3 is 5.11 Å². The standard InChI is InChI=1S/C13H14N2O3S/c1-10-2-4-12(5-3-10)19(17,18)15-13-8-11(9-16)6-7-14-13/h2-8,16H,9H2,1H3,(H,14,15). The summed E-state index contributed by atoms with van der Waals surface area (Å²) in [5, 5.41) is 9.00. The van der Waals surface area contributed by atoms with Crippen molar-refractivity contribution in [1.29, 1.82) is 0 Å². The van der Waals surface area contributed by atoms with Crippen LogP contribution in [0.5, 0.6) is 0 Å². The predicted molar refractivity (Wildman–Crippen MR) is 72.1 cm³/mol. The van der Waals surface area contributed by atoms with Crippen LogP contribution in [-0.4, -0.2) is 18.5 Å². The summed E-state index contributed by atoms with van der Waals surface area (Å²) in [4.78, 5) is 4.09. The van der Waals surface area contributed by atoms with E-state index < -0.39 is 10.0 Å². The number of pyridine rings is 1. The molecule has 0 aliphatic rings. The maximum absolute atomic E-state index is 12.1. The van der Waals surface area contributed by atoms with Gasteiger partial charge in [0.05, 0.1) is 11.5 Å². The fourth-order valence-electron chi connectivity index (χ4n) is 1.54. The zero-order chi connectivity index (χ0) is 13.9. The van der Waals surface area contributed by atoms with Crippen molar-refractivity contribution in [3.63, 3.8) is 0 Å². The van der Waals surface area contributed by atoms with Gasteiger partial charge in [-0.1, -0.05) is 17.7 Å². The fourth-order valence-corrected chi connectivity index (χ4v) is 2.54. The van der Waals surface area contributed by atoms with E-state index in [0.717, 1.165) is 5.56 Å². The first-order chi connectivity index (χ1) is 9.01. The van der Waals surface area contributed by atoms with Gasteiger partial charge in [0.2, 0.25) is 0 Å². The highest BCUT2D eigenvalue weighted by Crippen LogP contribution is 2.15. The molecule has 5 nitrogen and oxygen atoms in total. The van der Waals surface area contributed by atoms with Crippen LogP contribution in [-0.2, 0) is 16.6 Å². The molecule has 1 aromatic heterocycles. The number of anilines is 1. The molecule has 2 rings (SSSR count). The maximum atomic E-state index is 12.1. The van der Waals surface area contributed by atoms with Gasteiger partial charge in [0.1, 0.15) is 5.82 Å². The van der Waals surface area contributed by atoms with Gasteiger partial charge in [0.25, 0.3) is 10.0 Å². The first-order valence-corrected chi connectivity index (χ1v) is 7.15. The number of aryl methyl sites for hydroxylation is 1. The summed E-state index contributed by atoms with van der Waals surface area (Å²) in [7, 11) is -3.65. The molecular weight excluding hydrogens is 264 g/mol. The highest BCUT2D eigenvalue weighted by atomic mass is 32.2. The number of nitrogens with zero attached hydrogens (tertiary/aromatic N) is 1. The van der Waals surface area contributed by atoms with Crippen molar-refractivity contribution in [3.05, 3.63) is 53.7 Å². The second-order valence-corrected chi connectivity index (χ2v) is 5.81. The van der Waals surface area contributed by atoms with Crippen molar-refractivity contribution >= 4 is 15.8 Å². The average molecular weight is 278 g/mol. The van der Waals surface area contributed by atoms with Crippen LogP contribution in [0, 0.1) is 6.92 Å². The van der Waals surface area contributed by atoms with Crippen LogP contribution in [0.15, 0.2) is 47.5 Å². The van der Waals surface area contributed by atoms with Crippen LogP contribution >= 0.6 is 0 Å². The van der Waals surface area contributed by atoms with E-state index in [1.807, 2.05) is 6.92 Å². The van der Waals surface area contributed by atoms with Crippen molar-refractivity contribution in [3.8, 4) is 0 Å². The molecule has 19 heavy (non-hydrogen) atoms. The van der Waals surface area contributed by atoms with Gasteiger partial charge in [-0.2, -0.15) is 0 Å². The Kier molecular flexibility index (Phi) is 3.82. The van der Waals surface area contributed by atoms with E-state index in [4.69, 9.17) is 5.11 Å². The normalized spacial score (nSPS) is 11.3. The Morgan fingerprint density at radius 2 is 1.89 bits per heavy atom. The molecule has 0 saturated carbocycles. The van der Waals surface area contributed by atoms with Crippen molar-refractivity contribution in [2.75, 3.05) is 4.72 Å². The Morgan fingerprint density at radius 1 is 1.21 bits per heavy atom. The highest BCUT2D eigenvalue weighted by molar-refractivity contribution is 7.92. The van der Waals surface area contributed by atoms with Crippen molar-refractivity contribution < 1.29 is 13.5 Å². The topological polar surface area (TPSA) is 79.3 Å². The van der Waals surface area contributed by atoms with Gasteiger partial charge in [-0.25, -0.2) is 13.4 Å². The molecule has 0 bridgehead atoms. The van der Waals surface area contributed by atoms with Gasteiger partial charge in [0, 0.05) is 6.20 Å². The molecule has 100 valence electrons. The lowest BCUT2D eigenvalue weighted by atomic mass is 10.2. The second-order valence-electron chi connectivity index (χ2n) is 4.13. The summed E-state index contributed by atoms with van der Waals surface area (Å²) in [5.41, 5.74) is 1.58. The Hall–Kier alpha value is -1.92. The molecule has 6 heteroatoms. The van der Waals surface area contributed by atoms with E-state index in [2.05, 4.69) is 9.71 Å². The van der Waals surface area contributed by atoms with E-state index >= 15 is 0 Å². The molecular formula is C13H14N2O3S. The lowest BCUT2D eigenvalue weighted by Gasteiger charge is -2.08. The third-order valence-corrected chi connectivity index (χ3v) is 3.95.